The van der Waals surface area contributed by atoms with Crippen molar-refractivity contribution in [2.45, 2.75) is 13.5 Å². The number of nitrogens with zero attached hydrogens (tertiary/aromatic N) is 2. The first-order chi connectivity index (χ1) is 12.0. The first-order valence-electron chi connectivity index (χ1n) is 7.72. The molecule has 0 saturated heterocycles. The summed E-state index contributed by atoms with van der Waals surface area (Å²) in [5, 5.41) is 7.06. The normalized spacial score (nSPS) is 10.5. The zero-order chi connectivity index (χ0) is 17.8. The Morgan fingerprint density at radius 2 is 1.72 bits per heavy atom. The van der Waals surface area contributed by atoms with Gasteiger partial charge in [-0.25, -0.2) is 4.68 Å². The molecule has 0 aliphatic heterocycles. The number of carbonyl (C=O) groups is 1. The molecule has 3 rings (SSSR count). The molecule has 1 aromatic heterocycles. The third-order valence-electron chi connectivity index (χ3n) is 3.64. The van der Waals surface area contributed by atoms with Crippen LogP contribution in [0.15, 0.2) is 69.9 Å². The van der Waals surface area contributed by atoms with Gasteiger partial charge in [0.1, 0.15) is 6.54 Å². The Bertz CT molecular complexity index is 948. The molecule has 0 bridgehead atoms. The molecule has 1 heterocycles. The second-order valence-corrected chi connectivity index (χ2v) is 6.55. The molecule has 2 aromatic carbocycles. The van der Waals surface area contributed by atoms with Gasteiger partial charge in [0.25, 0.3) is 5.56 Å². The van der Waals surface area contributed by atoms with Crippen molar-refractivity contribution in [1.29, 1.82) is 0 Å². The van der Waals surface area contributed by atoms with Crippen molar-refractivity contribution in [3.8, 4) is 11.3 Å². The summed E-state index contributed by atoms with van der Waals surface area (Å²) in [7, 11) is 0. The summed E-state index contributed by atoms with van der Waals surface area (Å²) in [6, 6.07) is 18.1. The zero-order valence-corrected chi connectivity index (χ0v) is 15.2. The van der Waals surface area contributed by atoms with Crippen molar-refractivity contribution in [3.05, 3.63) is 81.1 Å². The first-order valence-corrected chi connectivity index (χ1v) is 8.51. The van der Waals surface area contributed by atoms with Gasteiger partial charge in [0.2, 0.25) is 5.91 Å². The number of rotatable bonds is 4. The van der Waals surface area contributed by atoms with E-state index in [1.54, 1.807) is 18.2 Å². The molecule has 0 aliphatic rings. The van der Waals surface area contributed by atoms with Gasteiger partial charge in [-0.15, -0.1) is 0 Å². The average Bonchev–Trinajstić information content (AvgIpc) is 2.60. The maximum Gasteiger partial charge on any atom is 0.267 e. The second kappa shape index (κ2) is 7.44. The topological polar surface area (TPSA) is 64.0 Å². The van der Waals surface area contributed by atoms with Crippen LogP contribution in [0.1, 0.15) is 5.56 Å². The largest absolute Gasteiger partial charge is 0.324 e. The fourth-order valence-corrected chi connectivity index (χ4v) is 2.57. The maximum absolute atomic E-state index is 12.2. The zero-order valence-electron chi connectivity index (χ0n) is 13.6. The highest BCUT2D eigenvalue weighted by Crippen LogP contribution is 2.16. The Morgan fingerprint density at radius 3 is 2.40 bits per heavy atom. The smallest absolute Gasteiger partial charge is 0.267 e. The predicted octanol–water partition coefficient (Wildman–Crippen LogP) is 3.62. The molecule has 0 spiro atoms. The number of aryl methyl sites for hydroxylation is 1. The van der Waals surface area contributed by atoms with Gasteiger partial charge in [-0.1, -0.05) is 45.8 Å². The number of hydrogen-bond acceptors (Lipinski definition) is 3. The van der Waals surface area contributed by atoms with Crippen LogP contribution in [0.3, 0.4) is 0 Å². The molecular formula is C19H16BrN3O2. The first kappa shape index (κ1) is 17.1. The van der Waals surface area contributed by atoms with Crippen molar-refractivity contribution < 1.29 is 4.79 Å². The summed E-state index contributed by atoms with van der Waals surface area (Å²) in [4.78, 5) is 24.2. The molecule has 6 heteroatoms. The fourth-order valence-electron chi connectivity index (χ4n) is 2.31. The minimum atomic E-state index is -0.318. The Morgan fingerprint density at radius 1 is 1.04 bits per heavy atom. The van der Waals surface area contributed by atoms with E-state index in [-0.39, 0.29) is 18.0 Å². The second-order valence-electron chi connectivity index (χ2n) is 5.64. The SMILES string of the molecule is Cc1ccc(-c2ccc(=O)n(CC(=O)Nc3ccc(Br)cc3)n2)cc1. The van der Waals surface area contributed by atoms with E-state index in [1.165, 1.54) is 10.7 Å². The number of aromatic nitrogens is 2. The molecular weight excluding hydrogens is 382 g/mol. The highest BCUT2D eigenvalue weighted by Gasteiger charge is 2.08. The lowest BCUT2D eigenvalue weighted by Gasteiger charge is -2.08. The van der Waals surface area contributed by atoms with E-state index in [0.29, 0.717) is 11.4 Å². The molecule has 126 valence electrons. The minimum absolute atomic E-state index is 0.144. The van der Waals surface area contributed by atoms with Gasteiger partial charge in [-0.2, -0.15) is 5.10 Å². The summed E-state index contributed by atoms with van der Waals surface area (Å²) >= 11 is 3.34. The van der Waals surface area contributed by atoms with E-state index in [9.17, 15) is 9.59 Å². The summed E-state index contributed by atoms with van der Waals surface area (Å²) in [6.07, 6.45) is 0. The third kappa shape index (κ3) is 4.42. The van der Waals surface area contributed by atoms with E-state index < -0.39 is 0 Å². The Balaban J connectivity index is 1.78. The van der Waals surface area contributed by atoms with E-state index in [1.807, 2.05) is 43.3 Å². The van der Waals surface area contributed by atoms with Crippen LogP contribution in [-0.4, -0.2) is 15.7 Å². The van der Waals surface area contributed by atoms with E-state index >= 15 is 0 Å². The Hall–Kier alpha value is -2.73. The maximum atomic E-state index is 12.2. The number of amides is 1. The van der Waals surface area contributed by atoms with Crippen molar-refractivity contribution in [2.24, 2.45) is 0 Å². The fraction of sp³-hybridized carbons (Fsp3) is 0.105. The summed E-state index contributed by atoms with van der Waals surface area (Å²) in [5.41, 5.74) is 3.03. The van der Waals surface area contributed by atoms with Crippen LogP contribution in [0, 0.1) is 6.92 Å². The molecule has 5 nitrogen and oxygen atoms in total. The summed E-state index contributed by atoms with van der Waals surface area (Å²) in [6.45, 7) is 1.86. The lowest BCUT2D eigenvalue weighted by Crippen LogP contribution is -2.29. The van der Waals surface area contributed by atoms with Crippen molar-refractivity contribution >= 4 is 27.5 Å². The number of benzene rings is 2. The van der Waals surface area contributed by atoms with Crippen LogP contribution in [0.5, 0.6) is 0 Å². The minimum Gasteiger partial charge on any atom is -0.324 e. The monoisotopic (exact) mass is 397 g/mol. The molecule has 0 fully saturated rings. The number of carbonyl (C=O) groups excluding carboxylic acids is 1. The van der Waals surface area contributed by atoms with Gasteiger partial charge >= 0.3 is 0 Å². The van der Waals surface area contributed by atoms with E-state index in [0.717, 1.165) is 15.6 Å². The quantitative estimate of drug-likeness (QED) is 0.730. The molecule has 0 unspecified atom stereocenters. The molecule has 0 radical (unpaired) electrons. The van der Waals surface area contributed by atoms with Crippen LogP contribution in [0.2, 0.25) is 0 Å². The average molecular weight is 398 g/mol. The number of halogens is 1. The van der Waals surface area contributed by atoms with Gasteiger partial charge in [0.15, 0.2) is 0 Å². The number of anilines is 1. The van der Waals surface area contributed by atoms with Crippen molar-refractivity contribution in [1.82, 2.24) is 9.78 Å². The van der Waals surface area contributed by atoms with Crippen LogP contribution >= 0.6 is 15.9 Å². The molecule has 0 aliphatic carbocycles. The van der Waals surface area contributed by atoms with Gasteiger partial charge in [-0.3, -0.25) is 9.59 Å². The van der Waals surface area contributed by atoms with Gasteiger partial charge < -0.3 is 5.32 Å². The van der Waals surface area contributed by atoms with Crippen LogP contribution < -0.4 is 10.9 Å². The van der Waals surface area contributed by atoms with Crippen LogP contribution in [-0.2, 0) is 11.3 Å². The van der Waals surface area contributed by atoms with Gasteiger partial charge in [0.05, 0.1) is 5.69 Å². The molecule has 0 atom stereocenters. The predicted molar refractivity (Wildman–Crippen MR) is 101 cm³/mol. The third-order valence-corrected chi connectivity index (χ3v) is 4.16. The summed E-state index contributed by atoms with van der Waals surface area (Å²) in [5.74, 6) is -0.307. The molecule has 3 aromatic rings. The molecule has 1 amide bonds. The van der Waals surface area contributed by atoms with E-state index in [2.05, 4.69) is 26.3 Å². The lowest BCUT2D eigenvalue weighted by molar-refractivity contribution is -0.117. The highest BCUT2D eigenvalue weighted by molar-refractivity contribution is 9.10. The van der Waals surface area contributed by atoms with Crippen LogP contribution in [0.25, 0.3) is 11.3 Å². The van der Waals surface area contributed by atoms with Crippen molar-refractivity contribution in [3.63, 3.8) is 0 Å². The molecule has 25 heavy (non-hydrogen) atoms. The van der Waals surface area contributed by atoms with E-state index in [4.69, 9.17) is 0 Å². The van der Waals surface area contributed by atoms with Crippen molar-refractivity contribution in [2.75, 3.05) is 5.32 Å². The number of nitrogens with one attached hydrogen (secondary N) is 1. The van der Waals surface area contributed by atoms with Gasteiger partial charge in [-0.05, 0) is 37.3 Å². The Kier molecular flexibility index (Phi) is 5.09. The molecule has 0 saturated carbocycles. The molecule has 1 N–H and O–H groups in total. The Labute approximate surface area is 153 Å². The number of hydrogen-bond donors (Lipinski definition) is 1. The van der Waals surface area contributed by atoms with Gasteiger partial charge in [0, 0.05) is 21.8 Å². The van der Waals surface area contributed by atoms with Crippen LogP contribution in [0.4, 0.5) is 5.69 Å². The summed E-state index contributed by atoms with van der Waals surface area (Å²) < 4.78 is 2.10. The lowest BCUT2D eigenvalue weighted by atomic mass is 10.1. The highest BCUT2D eigenvalue weighted by atomic mass is 79.9. The standard InChI is InChI=1S/C19H16BrN3O2/c1-13-2-4-14(5-3-13)17-10-11-19(25)23(22-17)12-18(24)21-16-8-6-15(20)7-9-16/h2-11H,12H2,1H3,(H,21,24).